The summed E-state index contributed by atoms with van der Waals surface area (Å²) in [5, 5.41) is 2.78. The molecule has 0 saturated carbocycles. The fraction of sp³-hybridized carbons (Fsp3) is 0.263. The van der Waals surface area contributed by atoms with Crippen molar-refractivity contribution < 1.29 is 0 Å². The molecule has 24 heavy (non-hydrogen) atoms. The minimum absolute atomic E-state index is 0.770. The fourth-order valence-electron chi connectivity index (χ4n) is 2.71. The van der Waals surface area contributed by atoms with E-state index in [1.165, 1.54) is 21.5 Å². The lowest BCUT2D eigenvalue weighted by Crippen LogP contribution is -2.15. The lowest BCUT2D eigenvalue weighted by atomic mass is 10.1. The monoisotopic (exact) mass is 378 g/mol. The summed E-state index contributed by atoms with van der Waals surface area (Å²) in [4.78, 5) is 7.00. The number of benzene rings is 2. The van der Waals surface area contributed by atoms with Crippen molar-refractivity contribution in [2.75, 3.05) is 20.6 Å². The van der Waals surface area contributed by atoms with E-state index in [-0.39, 0.29) is 0 Å². The van der Waals surface area contributed by atoms with Gasteiger partial charge in [0.05, 0.1) is 0 Å². The van der Waals surface area contributed by atoms with Gasteiger partial charge in [-0.15, -0.1) is 11.8 Å². The van der Waals surface area contributed by atoms with Crippen LogP contribution in [0.25, 0.3) is 10.9 Å². The van der Waals surface area contributed by atoms with Gasteiger partial charge in [0.25, 0.3) is 0 Å². The van der Waals surface area contributed by atoms with E-state index in [2.05, 4.69) is 48.2 Å². The molecule has 0 radical (unpaired) electrons. The third-order valence-corrected chi connectivity index (χ3v) is 5.49. The van der Waals surface area contributed by atoms with Crippen LogP contribution in [0.2, 0.25) is 10.0 Å². The van der Waals surface area contributed by atoms with Gasteiger partial charge in [-0.1, -0.05) is 23.2 Å². The molecule has 1 aromatic heterocycles. The highest BCUT2D eigenvalue weighted by atomic mass is 35.5. The second-order valence-corrected chi connectivity index (χ2v) is 7.99. The largest absolute Gasteiger partial charge is 0.357 e. The molecule has 5 heteroatoms. The molecule has 2 nitrogen and oxygen atoms in total. The second-order valence-electron chi connectivity index (χ2n) is 6.07. The molecule has 0 spiro atoms. The Morgan fingerprint density at radius 2 is 1.71 bits per heavy atom. The van der Waals surface area contributed by atoms with Gasteiger partial charge in [0.2, 0.25) is 0 Å². The van der Waals surface area contributed by atoms with Crippen LogP contribution in [0, 0.1) is 0 Å². The van der Waals surface area contributed by atoms with E-state index in [9.17, 15) is 0 Å². The predicted molar refractivity (Wildman–Crippen MR) is 107 cm³/mol. The molecule has 0 amide bonds. The number of fused-ring (bicyclic) bond motifs is 1. The number of nitrogens with one attached hydrogen (secondary N) is 1. The lowest BCUT2D eigenvalue weighted by Gasteiger charge is -2.10. The maximum Gasteiger partial charge on any atom is 0.0460 e. The van der Waals surface area contributed by atoms with Crippen LogP contribution in [0.4, 0.5) is 0 Å². The Labute approximate surface area is 157 Å². The van der Waals surface area contributed by atoms with E-state index < -0.39 is 0 Å². The smallest absolute Gasteiger partial charge is 0.0460 e. The first-order chi connectivity index (χ1) is 11.5. The van der Waals surface area contributed by atoms with Crippen molar-refractivity contribution >= 4 is 45.9 Å². The number of thioether (sulfide) groups is 1. The van der Waals surface area contributed by atoms with E-state index in [1.54, 1.807) is 0 Å². The molecule has 0 bridgehead atoms. The van der Waals surface area contributed by atoms with Crippen molar-refractivity contribution in [2.45, 2.75) is 17.1 Å². The van der Waals surface area contributed by atoms with Crippen LogP contribution in [0.1, 0.15) is 11.3 Å². The molecule has 126 valence electrons. The Morgan fingerprint density at radius 1 is 1.00 bits per heavy atom. The highest BCUT2D eigenvalue weighted by Gasteiger charge is 2.12. The average molecular weight is 379 g/mol. The normalized spacial score (nSPS) is 11.5. The molecule has 2 aromatic carbocycles. The first kappa shape index (κ1) is 17.7. The van der Waals surface area contributed by atoms with Gasteiger partial charge in [0.15, 0.2) is 0 Å². The molecule has 3 rings (SSSR count). The van der Waals surface area contributed by atoms with Crippen LogP contribution in [0.15, 0.2) is 47.4 Å². The maximum atomic E-state index is 6.21. The molecule has 3 aromatic rings. The van der Waals surface area contributed by atoms with Crippen LogP contribution in [-0.2, 0) is 12.2 Å². The standard InChI is InChI=1S/C19H20Cl2N2S/c1-23(2)10-9-16-17-11-14(21)5-8-18(17)22-19(16)12-24-15-6-3-13(20)4-7-15/h3-8,11,22H,9-10,12H2,1-2H3. The maximum absolute atomic E-state index is 6.21. The van der Waals surface area contributed by atoms with Crippen molar-refractivity contribution in [2.24, 2.45) is 0 Å². The van der Waals surface area contributed by atoms with Crippen LogP contribution in [0.5, 0.6) is 0 Å². The minimum Gasteiger partial charge on any atom is -0.357 e. The minimum atomic E-state index is 0.770. The molecule has 0 fully saturated rings. The SMILES string of the molecule is CN(C)CCc1c(CSc2ccc(Cl)cc2)[nH]c2ccc(Cl)cc12. The summed E-state index contributed by atoms with van der Waals surface area (Å²) in [6.07, 6.45) is 1.00. The molecule has 0 atom stereocenters. The van der Waals surface area contributed by atoms with E-state index in [1.807, 2.05) is 30.0 Å². The molecule has 0 aliphatic rings. The Hall–Kier alpha value is -1.13. The van der Waals surface area contributed by atoms with Gasteiger partial charge in [-0.3, -0.25) is 0 Å². The molecule has 0 saturated heterocycles. The van der Waals surface area contributed by atoms with E-state index in [0.29, 0.717) is 0 Å². The predicted octanol–water partition coefficient (Wildman–Crippen LogP) is 5.87. The Kier molecular flexibility index (Phi) is 5.77. The van der Waals surface area contributed by atoms with Gasteiger partial charge in [-0.05, 0) is 68.5 Å². The van der Waals surface area contributed by atoms with Crippen LogP contribution >= 0.6 is 35.0 Å². The van der Waals surface area contributed by atoms with Gasteiger partial charge in [0, 0.05) is 43.8 Å². The van der Waals surface area contributed by atoms with Gasteiger partial charge < -0.3 is 9.88 Å². The highest BCUT2D eigenvalue weighted by Crippen LogP contribution is 2.31. The molecule has 0 unspecified atom stereocenters. The Bertz CT molecular complexity index is 825. The zero-order chi connectivity index (χ0) is 17.1. The van der Waals surface area contributed by atoms with Crippen LogP contribution in [-0.4, -0.2) is 30.5 Å². The van der Waals surface area contributed by atoms with Gasteiger partial charge in [0.1, 0.15) is 0 Å². The third-order valence-electron chi connectivity index (χ3n) is 3.96. The topological polar surface area (TPSA) is 19.0 Å². The van der Waals surface area contributed by atoms with Crippen molar-refractivity contribution in [3.05, 3.63) is 63.8 Å². The van der Waals surface area contributed by atoms with Gasteiger partial charge in [-0.2, -0.15) is 0 Å². The second kappa shape index (κ2) is 7.83. The van der Waals surface area contributed by atoms with Gasteiger partial charge in [-0.25, -0.2) is 0 Å². The molecule has 0 aliphatic heterocycles. The fourth-order valence-corrected chi connectivity index (χ4v) is 3.89. The van der Waals surface area contributed by atoms with Gasteiger partial charge >= 0.3 is 0 Å². The molecular formula is C19H20Cl2N2S. The number of H-pyrrole nitrogens is 1. The summed E-state index contributed by atoms with van der Waals surface area (Å²) in [6.45, 7) is 1.01. The number of hydrogen-bond acceptors (Lipinski definition) is 2. The molecule has 1 heterocycles. The zero-order valence-corrected chi connectivity index (χ0v) is 16.1. The number of aromatic amines is 1. The molecular weight excluding hydrogens is 359 g/mol. The zero-order valence-electron chi connectivity index (χ0n) is 13.8. The number of aromatic nitrogens is 1. The van der Waals surface area contributed by atoms with E-state index in [4.69, 9.17) is 23.2 Å². The number of halogens is 2. The summed E-state index contributed by atoms with van der Waals surface area (Å²) in [6, 6.07) is 14.1. The van der Waals surface area contributed by atoms with Crippen molar-refractivity contribution in [1.29, 1.82) is 0 Å². The summed E-state index contributed by atoms with van der Waals surface area (Å²) < 4.78 is 0. The Morgan fingerprint density at radius 3 is 2.42 bits per heavy atom. The number of rotatable bonds is 6. The summed E-state index contributed by atoms with van der Waals surface area (Å²) in [5.41, 5.74) is 3.79. The molecule has 0 aliphatic carbocycles. The highest BCUT2D eigenvalue weighted by molar-refractivity contribution is 7.98. The van der Waals surface area contributed by atoms with Crippen LogP contribution in [0.3, 0.4) is 0 Å². The Balaban J connectivity index is 1.87. The quantitative estimate of drug-likeness (QED) is 0.540. The first-order valence-corrected chi connectivity index (χ1v) is 9.59. The van der Waals surface area contributed by atoms with Crippen molar-refractivity contribution in [1.82, 2.24) is 9.88 Å². The average Bonchev–Trinajstić information content (AvgIpc) is 2.89. The lowest BCUT2D eigenvalue weighted by molar-refractivity contribution is 0.414. The number of nitrogens with zero attached hydrogens (tertiary/aromatic N) is 1. The van der Waals surface area contributed by atoms with E-state index >= 15 is 0 Å². The third kappa shape index (κ3) is 4.28. The summed E-state index contributed by atoms with van der Waals surface area (Å²) in [7, 11) is 4.20. The molecule has 1 N–H and O–H groups in total. The number of likely N-dealkylation sites (N-methyl/N-ethyl adjacent to an activating group) is 1. The first-order valence-electron chi connectivity index (χ1n) is 7.85. The summed E-state index contributed by atoms with van der Waals surface area (Å²) >= 11 is 14.0. The number of hydrogen-bond donors (Lipinski definition) is 1. The van der Waals surface area contributed by atoms with Crippen molar-refractivity contribution in [3.8, 4) is 0 Å². The van der Waals surface area contributed by atoms with Crippen LogP contribution < -0.4 is 0 Å². The van der Waals surface area contributed by atoms with Crippen molar-refractivity contribution in [3.63, 3.8) is 0 Å². The van der Waals surface area contributed by atoms with E-state index in [0.717, 1.165) is 34.3 Å². The summed E-state index contributed by atoms with van der Waals surface area (Å²) in [5.74, 6) is 0.899.